The highest BCUT2D eigenvalue weighted by Crippen LogP contribution is 2.11. The van der Waals surface area contributed by atoms with Gasteiger partial charge in [0.2, 0.25) is 0 Å². The van der Waals surface area contributed by atoms with Gasteiger partial charge in [0.15, 0.2) is 0 Å². The van der Waals surface area contributed by atoms with E-state index in [0.29, 0.717) is 11.3 Å². The molecule has 1 heterocycles. The molecule has 0 spiro atoms. The number of H-pyrrole nitrogens is 1. The largest absolute Gasteiger partial charge is 0.332 e. The van der Waals surface area contributed by atoms with Crippen molar-refractivity contribution in [3.63, 3.8) is 0 Å². The summed E-state index contributed by atoms with van der Waals surface area (Å²) in [5.41, 5.74) is -0.852. The molecular weight excluding hydrogens is 237 g/mol. The van der Waals surface area contributed by atoms with Gasteiger partial charge in [0.05, 0.1) is 5.69 Å². The van der Waals surface area contributed by atoms with Gasteiger partial charge in [-0.15, -0.1) is 0 Å². The van der Waals surface area contributed by atoms with Crippen LogP contribution in [0.25, 0.3) is 5.69 Å². The van der Waals surface area contributed by atoms with Crippen LogP contribution in [0.2, 0.25) is 0 Å². The lowest BCUT2D eigenvalue weighted by Crippen LogP contribution is -2.30. The first-order valence-electron chi connectivity index (χ1n) is 5.05. The van der Waals surface area contributed by atoms with Crippen molar-refractivity contribution in [2.75, 3.05) is 0 Å². The molecule has 2 rings (SSSR count). The summed E-state index contributed by atoms with van der Waals surface area (Å²) in [4.78, 5) is 24.9. The van der Waals surface area contributed by atoms with Gasteiger partial charge in [-0.05, 0) is 30.7 Å². The lowest BCUT2D eigenvalue weighted by molar-refractivity contribution is 0.618. The lowest BCUT2D eigenvalue weighted by Gasteiger charge is -2.06. The fourth-order valence-corrected chi connectivity index (χ4v) is 1.52. The Kier molecular flexibility index (Phi) is 2.81. The van der Waals surface area contributed by atoms with E-state index in [1.807, 2.05) is 4.98 Å². The van der Waals surface area contributed by atoms with Gasteiger partial charge in [-0.25, -0.2) is 9.18 Å². The first-order chi connectivity index (χ1) is 8.52. The molecule has 90 valence electrons. The molecule has 0 fully saturated rings. The molecule has 2 aromatic rings. The molecule has 1 N–H and O–H groups in total. The van der Waals surface area contributed by atoms with Crippen LogP contribution in [-0.4, -0.2) is 9.55 Å². The van der Waals surface area contributed by atoms with Gasteiger partial charge in [0, 0.05) is 6.20 Å². The topological polar surface area (TPSA) is 78.7 Å². The summed E-state index contributed by atoms with van der Waals surface area (Å²) in [6.07, 6.45) is 1.13. The molecule has 6 heteroatoms. The summed E-state index contributed by atoms with van der Waals surface area (Å²) in [6.45, 7) is 1.56. The zero-order valence-corrected chi connectivity index (χ0v) is 9.40. The lowest BCUT2D eigenvalue weighted by atomic mass is 10.2. The molecule has 0 aliphatic carbocycles. The second-order valence-electron chi connectivity index (χ2n) is 3.72. The molecule has 18 heavy (non-hydrogen) atoms. The number of aromatic nitrogens is 2. The Morgan fingerprint density at radius 2 is 2.11 bits per heavy atom. The summed E-state index contributed by atoms with van der Waals surface area (Å²) in [7, 11) is 0. The zero-order chi connectivity index (χ0) is 13.3. The summed E-state index contributed by atoms with van der Waals surface area (Å²) in [5.74, 6) is -0.392. The first-order valence-corrected chi connectivity index (χ1v) is 5.05. The smallest absolute Gasteiger partial charge is 0.273 e. The maximum absolute atomic E-state index is 13.1. The number of rotatable bonds is 1. The van der Waals surface area contributed by atoms with Crippen molar-refractivity contribution in [3.8, 4) is 11.8 Å². The van der Waals surface area contributed by atoms with Gasteiger partial charge in [-0.2, -0.15) is 5.26 Å². The normalized spacial score (nSPS) is 10.1. The molecular formula is C12H8FN3O2. The predicted molar refractivity (Wildman–Crippen MR) is 62.1 cm³/mol. The van der Waals surface area contributed by atoms with E-state index in [-0.39, 0.29) is 5.56 Å². The SMILES string of the molecule is Cc1cc(-n2cc(C#N)c(=O)[nH]c2=O)ccc1F. The second-order valence-corrected chi connectivity index (χ2v) is 3.72. The maximum atomic E-state index is 13.1. The van der Waals surface area contributed by atoms with Crippen LogP contribution in [0.3, 0.4) is 0 Å². The maximum Gasteiger partial charge on any atom is 0.332 e. The average Bonchev–Trinajstić information content (AvgIpc) is 2.33. The zero-order valence-electron chi connectivity index (χ0n) is 9.40. The molecule has 0 radical (unpaired) electrons. The first kappa shape index (κ1) is 11.8. The summed E-state index contributed by atoms with van der Waals surface area (Å²) >= 11 is 0. The average molecular weight is 245 g/mol. The van der Waals surface area contributed by atoms with E-state index >= 15 is 0 Å². The van der Waals surface area contributed by atoms with Crippen molar-refractivity contribution in [1.82, 2.24) is 9.55 Å². The molecule has 0 saturated heterocycles. The van der Waals surface area contributed by atoms with Gasteiger partial charge in [0.25, 0.3) is 5.56 Å². The van der Waals surface area contributed by atoms with Crippen LogP contribution < -0.4 is 11.2 Å². The molecule has 0 aliphatic heterocycles. The van der Waals surface area contributed by atoms with Crippen molar-refractivity contribution < 1.29 is 4.39 Å². The Hall–Kier alpha value is -2.68. The van der Waals surface area contributed by atoms with Crippen molar-refractivity contribution in [2.45, 2.75) is 6.92 Å². The minimum atomic E-state index is -0.738. The van der Waals surface area contributed by atoms with E-state index in [1.165, 1.54) is 18.2 Å². The molecule has 0 bridgehead atoms. The Balaban J connectivity index is 2.72. The van der Waals surface area contributed by atoms with Crippen molar-refractivity contribution in [2.24, 2.45) is 0 Å². The van der Waals surface area contributed by atoms with Gasteiger partial charge < -0.3 is 0 Å². The fourth-order valence-electron chi connectivity index (χ4n) is 1.52. The van der Waals surface area contributed by atoms with E-state index in [2.05, 4.69) is 0 Å². The molecule has 0 amide bonds. The minimum Gasteiger partial charge on any atom is -0.273 e. The summed E-state index contributed by atoms with van der Waals surface area (Å²) in [6, 6.07) is 5.74. The van der Waals surface area contributed by atoms with E-state index < -0.39 is 17.1 Å². The fraction of sp³-hybridized carbons (Fsp3) is 0.0833. The van der Waals surface area contributed by atoms with E-state index in [4.69, 9.17) is 5.26 Å². The molecule has 1 aromatic carbocycles. The quantitative estimate of drug-likeness (QED) is 0.808. The van der Waals surface area contributed by atoms with Crippen LogP contribution in [0.1, 0.15) is 11.1 Å². The number of aryl methyl sites for hydroxylation is 1. The Labute approximate surface area is 101 Å². The van der Waals surface area contributed by atoms with Crippen LogP contribution in [0.4, 0.5) is 4.39 Å². The van der Waals surface area contributed by atoms with Crippen molar-refractivity contribution in [1.29, 1.82) is 5.26 Å². The standard InChI is InChI=1S/C12H8FN3O2/c1-7-4-9(2-3-10(7)13)16-6-8(5-14)11(17)15-12(16)18/h2-4,6H,1H3,(H,15,17,18). The number of benzene rings is 1. The highest BCUT2D eigenvalue weighted by Gasteiger charge is 2.07. The highest BCUT2D eigenvalue weighted by molar-refractivity contribution is 5.37. The van der Waals surface area contributed by atoms with Gasteiger partial charge in [-0.1, -0.05) is 0 Å². The van der Waals surface area contributed by atoms with Crippen LogP contribution in [0, 0.1) is 24.1 Å². The van der Waals surface area contributed by atoms with Crippen molar-refractivity contribution in [3.05, 3.63) is 62.2 Å². The highest BCUT2D eigenvalue weighted by atomic mass is 19.1. The number of halogens is 1. The Morgan fingerprint density at radius 3 is 2.72 bits per heavy atom. The minimum absolute atomic E-state index is 0.184. The third-order valence-electron chi connectivity index (χ3n) is 2.48. The van der Waals surface area contributed by atoms with E-state index in [1.54, 1.807) is 13.0 Å². The van der Waals surface area contributed by atoms with Crippen LogP contribution in [0.5, 0.6) is 0 Å². The second kappa shape index (κ2) is 4.30. The summed E-state index contributed by atoms with van der Waals surface area (Å²) < 4.78 is 14.2. The molecule has 0 unspecified atom stereocenters. The number of nitrogens with zero attached hydrogens (tertiary/aromatic N) is 2. The van der Waals surface area contributed by atoms with Gasteiger partial charge >= 0.3 is 5.69 Å². The summed E-state index contributed by atoms with van der Waals surface area (Å²) in [5, 5.41) is 8.73. The van der Waals surface area contributed by atoms with Crippen LogP contribution in [-0.2, 0) is 0 Å². The third-order valence-corrected chi connectivity index (χ3v) is 2.48. The molecule has 5 nitrogen and oxygen atoms in total. The number of nitrogens with one attached hydrogen (secondary N) is 1. The number of nitriles is 1. The van der Waals surface area contributed by atoms with Crippen LogP contribution >= 0.6 is 0 Å². The Bertz CT molecular complexity index is 768. The predicted octanol–water partition coefficient (Wildman–Crippen LogP) is 0.845. The van der Waals surface area contributed by atoms with E-state index in [0.717, 1.165) is 10.8 Å². The molecule has 0 saturated carbocycles. The van der Waals surface area contributed by atoms with Crippen LogP contribution in [0.15, 0.2) is 34.0 Å². The van der Waals surface area contributed by atoms with Gasteiger partial charge in [0.1, 0.15) is 17.4 Å². The number of hydrogen-bond acceptors (Lipinski definition) is 3. The van der Waals surface area contributed by atoms with Gasteiger partial charge in [-0.3, -0.25) is 14.3 Å². The van der Waals surface area contributed by atoms with E-state index in [9.17, 15) is 14.0 Å². The molecule has 0 aliphatic rings. The number of aromatic amines is 1. The number of hydrogen-bond donors (Lipinski definition) is 1. The molecule has 1 aromatic heterocycles. The monoisotopic (exact) mass is 245 g/mol. The van der Waals surface area contributed by atoms with Crippen molar-refractivity contribution >= 4 is 0 Å². The Morgan fingerprint density at radius 1 is 1.39 bits per heavy atom. The third kappa shape index (κ3) is 1.94. The molecule has 0 atom stereocenters.